The topological polar surface area (TPSA) is 0 Å². The van der Waals surface area contributed by atoms with Crippen LogP contribution in [0.5, 0.6) is 0 Å². The minimum Gasteiger partial charge on any atom is -0.0864 e. The van der Waals surface area contributed by atoms with Crippen LogP contribution in [0, 0.1) is 178 Å². The van der Waals surface area contributed by atoms with E-state index in [1.165, 1.54) is 153 Å². The molecule has 0 aromatic rings. The van der Waals surface area contributed by atoms with Gasteiger partial charge in [0.05, 0.1) is 0 Å². The van der Waals surface area contributed by atoms with E-state index in [0.717, 1.165) is 35.5 Å². The molecule has 15 aliphatic carbocycles. The van der Waals surface area contributed by atoms with Crippen molar-refractivity contribution in [3.8, 4) is 0 Å². The predicted octanol–water partition coefficient (Wildman–Crippen LogP) is 7.64. The first-order chi connectivity index (χ1) is 19.8. The molecule has 0 aromatic heterocycles. The Balaban J connectivity index is 0.700. The van der Waals surface area contributed by atoms with Gasteiger partial charge in [-0.05, 0) is 201 Å². The smallest absolute Gasteiger partial charge is 0.000177 e. The summed E-state index contributed by atoms with van der Waals surface area (Å²) in [6.45, 7) is 5.04. The zero-order valence-corrected chi connectivity index (χ0v) is 26.5. The van der Waals surface area contributed by atoms with Crippen LogP contribution in [0.4, 0.5) is 0 Å². The lowest BCUT2D eigenvalue weighted by atomic mass is 9.11. The molecule has 15 aliphatic rings. The lowest BCUT2D eigenvalue weighted by Crippen LogP contribution is -2.90. The van der Waals surface area contributed by atoms with Crippen LogP contribution in [0.1, 0.15) is 39.5 Å². The van der Waals surface area contributed by atoms with Crippen molar-refractivity contribution in [1.29, 1.82) is 0 Å². The van der Waals surface area contributed by atoms with Gasteiger partial charge in [0.15, 0.2) is 0 Å². The van der Waals surface area contributed by atoms with E-state index in [-0.39, 0.29) is 0 Å². The second-order valence-corrected chi connectivity index (χ2v) is 21.2. The van der Waals surface area contributed by atoms with E-state index in [0.29, 0.717) is 0 Å². The van der Waals surface area contributed by atoms with Crippen molar-refractivity contribution in [2.75, 3.05) is 4.43 Å². The Kier molecular flexibility index (Phi) is 3.14. The molecule has 0 aliphatic heterocycles. The molecule has 210 valence electrons. The standard InChI is InChI=1S/C39H47I/c1-3-9(2)11-6-15-18(11)26-23(15)31-33(26)32-24-16-8-14(19(16)27(24)34(31)32)17-10(4-5-40)20-25(17)35-28(20)36-37-29-21-12-7-13(12)22(21)30(29)38(37)39(35)36/h8-13,15-39H,3-7H2,1-2H3. The third-order valence-corrected chi connectivity index (χ3v) is 22.1. The normalized spacial score (nSPS) is 83.3. The summed E-state index contributed by atoms with van der Waals surface area (Å²) in [5, 5.41) is 0. The summed E-state index contributed by atoms with van der Waals surface area (Å²) in [5.41, 5.74) is 2.14. The maximum Gasteiger partial charge on any atom is -0.000177 e. The summed E-state index contributed by atoms with van der Waals surface area (Å²) in [4.78, 5) is 0. The van der Waals surface area contributed by atoms with E-state index in [2.05, 4.69) is 48.1 Å². The summed E-state index contributed by atoms with van der Waals surface area (Å²) < 4.78 is 1.43. The Hall–Kier alpha value is 0.470. The second-order valence-electron chi connectivity index (χ2n) is 20.1. The van der Waals surface area contributed by atoms with Crippen LogP contribution >= 0.6 is 22.6 Å². The lowest BCUT2D eigenvalue weighted by Gasteiger charge is -2.94. The van der Waals surface area contributed by atoms with Gasteiger partial charge >= 0.3 is 0 Å². The number of fused-ring (bicyclic) bond motifs is 35. The third kappa shape index (κ3) is 1.60. The van der Waals surface area contributed by atoms with Gasteiger partial charge in [0.25, 0.3) is 0 Å². The molecule has 14 fully saturated rings. The predicted molar refractivity (Wildman–Crippen MR) is 161 cm³/mol. The molecule has 0 bridgehead atoms. The Morgan fingerprint density at radius 1 is 0.600 bits per heavy atom. The third-order valence-electron chi connectivity index (χ3n) is 21.5. The number of halogens is 1. The maximum absolute atomic E-state index is 3.01. The highest BCUT2D eigenvalue weighted by molar-refractivity contribution is 14.1. The molecule has 0 saturated heterocycles. The Labute approximate surface area is 254 Å². The highest BCUT2D eigenvalue weighted by atomic mass is 127. The van der Waals surface area contributed by atoms with Gasteiger partial charge < -0.3 is 0 Å². The largest absolute Gasteiger partial charge is 0.0864 e. The molecule has 0 radical (unpaired) electrons. The summed E-state index contributed by atoms with van der Waals surface area (Å²) >= 11 is 2.75. The quantitative estimate of drug-likeness (QED) is 0.125. The van der Waals surface area contributed by atoms with Crippen molar-refractivity contribution in [2.45, 2.75) is 39.5 Å². The summed E-state index contributed by atoms with van der Waals surface area (Å²) in [6.07, 6.45) is 9.34. The first kappa shape index (κ1) is 21.2. The lowest BCUT2D eigenvalue weighted by molar-refractivity contribution is -0.459. The fourth-order valence-corrected chi connectivity index (χ4v) is 21.5. The summed E-state index contributed by atoms with van der Waals surface area (Å²) in [6, 6.07) is 0. The Bertz CT molecular complexity index is 1380. The van der Waals surface area contributed by atoms with Crippen LogP contribution in [0.15, 0.2) is 11.6 Å². The molecule has 14 saturated carbocycles. The summed E-state index contributed by atoms with van der Waals surface area (Å²) in [5.74, 6) is 36.6. The van der Waals surface area contributed by atoms with E-state index in [9.17, 15) is 0 Å². The molecule has 0 spiro atoms. The first-order valence-corrected chi connectivity index (χ1v) is 20.6. The van der Waals surface area contributed by atoms with E-state index in [1.54, 1.807) is 19.3 Å². The average Bonchev–Trinajstić information content (AvgIpc) is 3.59. The van der Waals surface area contributed by atoms with E-state index in [4.69, 9.17) is 0 Å². The van der Waals surface area contributed by atoms with Crippen molar-refractivity contribution in [2.24, 2.45) is 178 Å². The van der Waals surface area contributed by atoms with Crippen LogP contribution in [0.3, 0.4) is 0 Å². The monoisotopic (exact) mass is 642 g/mol. The van der Waals surface area contributed by atoms with Crippen molar-refractivity contribution < 1.29 is 0 Å². The molecule has 0 nitrogen and oxygen atoms in total. The van der Waals surface area contributed by atoms with Crippen LogP contribution < -0.4 is 0 Å². The molecule has 30 unspecified atom stereocenters. The molecule has 1 heteroatoms. The van der Waals surface area contributed by atoms with Crippen LogP contribution in [-0.4, -0.2) is 4.43 Å². The average molecular weight is 643 g/mol. The number of hydrogen-bond donors (Lipinski definition) is 0. The van der Waals surface area contributed by atoms with Crippen LogP contribution in [0.2, 0.25) is 0 Å². The fourth-order valence-electron chi connectivity index (χ4n) is 20.8. The van der Waals surface area contributed by atoms with Gasteiger partial charge in [-0.1, -0.05) is 54.5 Å². The first-order valence-electron chi connectivity index (χ1n) is 19.0. The molecule has 0 N–H and O–H groups in total. The van der Waals surface area contributed by atoms with Crippen molar-refractivity contribution >= 4 is 22.6 Å². The number of hydrogen-bond acceptors (Lipinski definition) is 0. The highest BCUT2D eigenvalue weighted by Gasteiger charge is 2.92. The fraction of sp³-hybridized carbons (Fsp3) is 0.949. The molecule has 15 rings (SSSR count). The minimum atomic E-state index is 1.02. The SMILES string of the molecule is CCC(C)C1CC2C1C1C2C2C3C4C5C(C6C(CCI)C7C6C6C7C7C8C9C%10C%11CC%11C%10C9C8C67)=CC5C4C3C12. The van der Waals surface area contributed by atoms with Gasteiger partial charge in [0, 0.05) is 0 Å². The van der Waals surface area contributed by atoms with Gasteiger partial charge in [0.2, 0.25) is 0 Å². The zero-order chi connectivity index (χ0) is 25.1. The van der Waals surface area contributed by atoms with Gasteiger partial charge in [-0.25, -0.2) is 0 Å². The van der Waals surface area contributed by atoms with Gasteiger partial charge in [-0.15, -0.1) is 0 Å². The summed E-state index contributed by atoms with van der Waals surface area (Å²) in [7, 11) is 0. The second kappa shape index (κ2) is 5.90. The van der Waals surface area contributed by atoms with E-state index >= 15 is 0 Å². The molecule has 0 heterocycles. The molecule has 40 heavy (non-hydrogen) atoms. The molecule has 0 aromatic carbocycles. The Morgan fingerprint density at radius 2 is 1.12 bits per heavy atom. The van der Waals surface area contributed by atoms with Crippen molar-refractivity contribution in [3.63, 3.8) is 0 Å². The van der Waals surface area contributed by atoms with Crippen LogP contribution in [0.25, 0.3) is 0 Å². The number of alkyl halides is 1. The Morgan fingerprint density at radius 3 is 1.77 bits per heavy atom. The molecule has 0 amide bonds. The van der Waals surface area contributed by atoms with E-state index in [1.807, 2.05) is 0 Å². The molecular formula is C39H47I. The number of allylic oxidation sites excluding steroid dienone is 2. The maximum atomic E-state index is 3.01. The van der Waals surface area contributed by atoms with Gasteiger partial charge in [-0.3, -0.25) is 0 Å². The van der Waals surface area contributed by atoms with Gasteiger partial charge in [-0.2, -0.15) is 0 Å². The molecule has 30 atom stereocenters. The van der Waals surface area contributed by atoms with Crippen molar-refractivity contribution in [3.05, 3.63) is 11.6 Å². The van der Waals surface area contributed by atoms with E-state index < -0.39 is 0 Å². The number of rotatable bonds is 5. The zero-order valence-electron chi connectivity index (χ0n) is 24.3. The van der Waals surface area contributed by atoms with Gasteiger partial charge in [0.1, 0.15) is 0 Å². The molecular weight excluding hydrogens is 595 g/mol. The van der Waals surface area contributed by atoms with Crippen molar-refractivity contribution in [1.82, 2.24) is 0 Å². The van der Waals surface area contributed by atoms with Crippen LogP contribution in [-0.2, 0) is 0 Å². The minimum absolute atomic E-state index is 1.02. The highest BCUT2D eigenvalue weighted by Crippen LogP contribution is 2.96.